The minimum atomic E-state index is 1.27. The van der Waals surface area contributed by atoms with Crippen LogP contribution in [0.25, 0.3) is 0 Å². The Hall–Kier alpha value is -0.780. The van der Waals surface area contributed by atoms with Crippen molar-refractivity contribution in [2.24, 2.45) is 0 Å². The molecule has 0 amide bonds. The van der Waals surface area contributed by atoms with E-state index in [9.17, 15) is 0 Å². The molecule has 0 N–H and O–H groups in total. The molecule has 0 heteroatoms. The Labute approximate surface area is 51.2 Å². The summed E-state index contributed by atoms with van der Waals surface area (Å²) in [7, 11) is 0. The van der Waals surface area contributed by atoms with Gasteiger partial charge in [-0.3, -0.25) is 0 Å². The second-order valence-corrected chi connectivity index (χ2v) is 1.63. The normalized spacial score (nSPS) is 12.5. The van der Waals surface area contributed by atoms with Crippen LogP contribution in [0.5, 0.6) is 0 Å². The molecule has 0 atom stereocenters. The monoisotopic (exact) mass is 108 g/mol. The van der Waals surface area contributed by atoms with Crippen LogP contribution in [-0.2, 0) is 0 Å². The number of hydrogen-bond donors (Lipinski definition) is 0. The van der Waals surface area contributed by atoms with E-state index in [1.165, 1.54) is 5.57 Å². The molecule has 0 fully saturated rings. The molecule has 0 unspecified atom stereocenters. The second-order valence-electron chi connectivity index (χ2n) is 1.63. The second kappa shape index (κ2) is 4.38. The smallest absolute Gasteiger partial charge is 0.0401 e. The topological polar surface area (TPSA) is 0 Å². The molecular formula is C8H12. The predicted octanol–water partition coefficient (Wildman–Crippen LogP) is 2.69. The van der Waals surface area contributed by atoms with Crippen molar-refractivity contribution in [3.63, 3.8) is 0 Å². The predicted molar refractivity (Wildman–Crippen MR) is 38.8 cm³/mol. The van der Waals surface area contributed by atoms with Crippen LogP contribution >= 0.6 is 0 Å². The Morgan fingerprint density at radius 3 is 2.50 bits per heavy atom. The van der Waals surface area contributed by atoms with Crippen LogP contribution in [0.3, 0.4) is 0 Å². The average molecular weight is 108 g/mol. The number of rotatable bonds is 2. The summed E-state index contributed by atoms with van der Waals surface area (Å²) in [6, 6.07) is 0. The minimum Gasteiger partial charge on any atom is -0.0991 e. The quantitative estimate of drug-likeness (QED) is 0.477. The maximum absolute atomic E-state index is 3.55. The fourth-order valence-corrected chi connectivity index (χ4v) is 0.316. The van der Waals surface area contributed by atoms with Crippen molar-refractivity contribution >= 4 is 0 Å². The molecule has 8 heavy (non-hydrogen) atoms. The van der Waals surface area contributed by atoms with E-state index < -0.39 is 0 Å². The molecule has 0 saturated heterocycles. The third kappa shape index (κ3) is 3.41. The minimum absolute atomic E-state index is 1.27. The van der Waals surface area contributed by atoms with Crippen molar-refractivity contribution in [3.05, 3.63) is 36.5 Å². The average Bonchev–Trinajstić information content (AvgIpc) is 1.83. The number of allylic oxidation sites excluding steroid dienone is 5. The van der Waals surface area contributed by atoms with Gasteiger partial charge in [0.1, 0.15) is 0 Å². The Bertz CT molecular complexity index is 116. The van der Waals surface area contributed by atoms with E-state index in [1.807, 2.05) is 19.1 Å². The zero-order chi connectivity index (χ0) is 6.41. The summed E-state index contributed by atoms with van der Waals surface area (Å²) in [6.07, 6.45) is 7.77. The molecule has 0 bridgehead atoms. The van der Waals surface area contributed by atoms with Gasteiger partial charge in [-0.15, -0.1) is 0 Å². The highest BCUT2D eigenvalue weighted by molar-refractivity contribution is 5.18. The molecule has 0 aromatic rings. The zero-order valence-electron chi connectivity index (χ0n) is 5.52. The van der Waals surface area contributed by atoms with E-state index in [2.05, 4.69) is 19.6 Å². The van der Waals surface area contributed by atoms with Gasteiger partial charge in [0.15, 0.2) is 0 Å². The lowest BCUT2D eigenvalue weighted by molar-refractivity contribution is 1.48. The molecule has 0 rings (SSSR count). The lowest BCUT2D eigenvalue weighted by Gasteiger charge is -1.82. The highest BCUT2D eigenvalue weighted by Crippen LogP contribution is 1.92. The molecule has 0 aliphatic heterocycles. The van der Waals surface area contributed by atoms with Crippen LogP contribution in [0.1, 0.15) is 13.8 Å². The van der Waals surface area contributed by atoms with E-state index in [0.717, 1.165) is 0 Å². The van der Waals surface area contributed by atoms with Gasteiger partial charge in [0.05, 0.1) is 0 Å². The van der Waals surface area contributed by atoms with Crippen LogP contribution in [0.15, 0.2) is 36.5 Å². The van der Waals surface area contributed by atoms with E-state index in [1.54, 1.807) is 6.08 Å². The molecule has 0 spiro atoms. The van der Waals surface area contributed by atoms with Crippen LogP contribution < -0.4 is 0 Å². The van der Waals surface area contributed by atoms with Crippen molar-refractivity contribution < 1.29 is 0 Å². The fraction of sp³-hybridized carbons (Fsp3) is 0.250. The molecule has 0 saturated carbocycles. The first-order valence-electron chi connectivity index (χ1n) is 2.73. The highest BCUT2D eigenvalue weighted by Gasteiger charge is 1.70. The Morgan fingerprint density at radius 1 is 1.50 bits per heavy atom. The van der Waals surface area contributed by atoms with Crippen LogP contribution in [0, 0.1) is 0 Å². The van der Waals surface area contributed by atoms with Crippen molar-refractivity contribution in [1.82, 2.24) is 0 Å². The van der Waals surface area contributed by atoms with Crippen molar-refractivity contribution in [1.29, 1.82) is 0 Å². The molecule has 0 aliphatic rings. The summed E-state index contributed by atoms with van der Waals surface area (Å²) >= 11 is 0. The van der Waals surface area contributed by atoms with E-state index in [4.69, 9.17) is 0 Å². The SMILES string of the molecule is C=CC=CC(C)=CC. The van der Waals surface area contributed by atoms with Gasteiger partial charge in [-0.2, -0.15) is 0 Å². The van der Waals surface area contributed by atoms with Gasteiger partial charge in [0.25, 0.3) is 0 Å². The lowest BCUT2D eigenvalue weighted by Crippen LogP contribution is -1.60. The molecular weight excluding hydrogens is 96.1 g/mol. The summed E-state index contributed by atoms with van der Waals surface area (Å²) in [5.74, 6) is 0. The molecule has 0 aromatic carbocycles. The van der Waals surface area contributed by atoms with Gasteiger partial charge < -0.3 is 0 Å². The summed E-state index contributed by atoms with van der Waals surface area (Å²) in [6.45, 7) is 7.63. The lowest BCUT2D eigenvalue weighted by atomic mass is 10.3. The van der Waals surface area contributed by atoms with Crippen molar-refractivity contribution in [3.8, 4) is 0 Å². The fourth-order valence-electron chi connectivity index (χ4n) is 0.316. The molecule has 0 radical (unpaired) electrons. The Morgan fingerprint density at radius 2 is 2.12 bits per heavy atom. The summed E-state index contributed by atoms with van der Waals surface area (Å²) in [4.78, 5) is 0. The maximum Gasteiger partial charge on any atom is -0.0401 e. The Kier molecular flexibility index (Phi) is 3.95. The van der Waals surface area contributed by atoms with Gasteiger partial charge in [-0.1, -0.05) is 36.5 Å². The molecule has 0 aliphatic carbocycles. The molecule has 44 valence electrons. The van der Waals surface area contributed by atoms with Crippen molar-refractivity contribution in [2.45, 2.75) is 13.8 Å². The van der Waals surface area contributed by atoms with Crippen LogP contribution in [0.4, 0.5) is 0 Å². The van der Waals surface area contributed by atoms with Gasteiger partial charge in [-0.05, 0) is 13.8 Å². The summed E-state index contributed by atoms with van der Waals surface area (Å²) in [5.41, 5.74) is 1.27. The summed E-state index contributed by atoms with van der Waals surface area (Å²) < 4.78 is 0. The van der Waals surface area contributed by atoms with Crippen molar-refractivity contribution in [2.75, 3.05) is 0 Å². The molecule has 0 aromatic heterocycles. The van der Waals surface area contributed by atoms with Gasteiger partial charge in [-0.25, -0.2) is 0 Å². The van der Waals surface area contributed by atoms with Crippen LogP contribution in [0.2, 0.25) is 0 Å². The third-order valence-corrected chi connectivity index (χ3v) is 0.951. The Balaban J connectivity index is 3.69. The van der Waals surface area contributed by atoms with E-state index in [0.29, 0.717) is 0 Å². The molecule has 0 nitrogen and oxygen atoms in total. The van der Waals surface area contributed by atoms with Gasteiger partial charge >= 0.3 is 0 Å². The standard InChI is InChI=1S/C8H12/c1-4-6-7-8(3)5-2/h4-7H,1H2,2-3H3. The maximum atomic E-state index is 3.55. The first kappa shape index (κ1) is 7.22. The first-order chi connectivity index (χ1) is 3.81. The van der Waals surface area contributed by atoms with E-state index >= 15 is 0 Å². The highest BCUT2D eigenvalue weighted by atomic mass is 13.8. The first-order valence-corrected chi connectivity index (χ1v) is 2.73. The summed E-state index contributed by atoms with van der Waals surface area (Å²) in [5, 5.41) is 0. The third-order valence-electron chi connectivity index (χ3n) is 0.951. The largest absolute Gasteiger partial charge is 0.0991 e. The zero-order valence-corrected chi connectivity index (χ0v) is 5.52. The van der Waals surface area contributed by atoms with Gasteiger partial charge in [0, 0.05) is 0 Å². The van der Waals surface area contributed by atoms with Gasteiger partial charge in [0.2, 0.25) is 0 Å². The van der Waals surface area contributed by atoms with Crippen LogP contribution in [-0.4, -0.2) is 0 Å². The van der Waals surface area contributed by atoms with E-state index in [-0.39, 0.29) is 0 Å². The molecule has 0 heterocycles. The number of hydrogen-bond acceptors (Lipinski definition) is 0.